The number of carbonyl (C=O) groups excluding carboxylic acids is 1. The molecule has 0 aliphatic carbocycles. The normalized spacial score (nSPS) is 10.8. The van der Waals surface area contributed by atoms with Crippen molar-refractivity contribution in [2.24, 2.45) is 0 Å². The minimum Gasteiger partial charge on any atom is -0.331 e. The van der Waals surface area contributed by atoms with Crippen LogP contribution < -0.4 is 10.6 Å². The molecule has 0 aliphatic heterocycles. The molecule has 4 nitrogen and oxygen atoms in total. The molecule has 0 aliphatic rings. The summed E-state index contributed by atoms with van der Waals surface area (Å²) in [7, 11) is 0. The topological polar surface area (TPSA) is 54.0 Å². The summed E-state index contributed by atoms with van der Waals surface area (Å²) in [6.07, 6.45) is 0. The van der Waals surface area contributed by atoms with E-state index in [4.69, 9.17) is 35.4 Å². The maximum absolute atomic E-state index is 12.5. The molecule has 0 radical (unpaired) electrons. The summed E-state index contributed by atoms with van der Waals surface area (Å²) >= 11 is 19.6. The van der Waals surface area contributed by atoms with Gasteiger partial charge in [-0.3, -0.25) is 10.1 Å². The average molecular weight is 472 g/mol. The number of nitrogens with zero attached hydrogens (tertiary/aromatic N) is 1. The number of aryl methyl sites for hydroxylation is 1. The van der Waals surface area contributed by atoms with Gasteiger partial charge in [0.2, 0.25) is 0 Å². The van der Waals surface area contributed by atoms with Crippen LogP contribution in [-0.2, 0) is 0 Å². The van der Waals surface area contributed by atoms with Crippen LogP contribution in [0.25, 0.3) is 20.8 Å². The molecule has 0 fully saturated rings. The van der Waals surface area contributed by atoms with Crippen LogP contribution in [-0.4, -0.2) is 16.0 Å². The number of rotatable bonds is 3. The Kier molecular flexibility index (Phi) is 6.01. The molecule has 30 heavy (non-hydrogen) atoms. The van der Waals surface area contributed by atoms with Crippen LogP contribution in [0.3, 0.4) is 0 Å². The highest BCUT2D eigenvalue weighted by Crippen LogP contribution is 2.40. The third-order valence-electron chi connectivity index (χ3n) is 4.33. The molecule has 2 N–H and O–H groups in total. The number of para-hydroxylation sites is 1. The van der Waals surface area contributed by atoms with Gasteiger partial charge in [0.1, 0.15) is 5.01 Å². The fourth-order valence-electron chi connectivity index (χ4n) is 2.96. The maximum Gasteiger partial charge on any atom is 0.257 e. The first-order valence-electron chi connectivity index (χ1n) is 8.95. The van der Waals surface area contributed by atoms with Crippen molar-refractivity contribution < 1.29 is 4.79 Å². The van der Waals surface area contributed by atoms with Crippen molar-refractivity contribution in [1.29, 1.82) is 0 Å². The molecular weight excluding hydrogens is 457 g/mol. The number of hydrogen-bond acceptors (Lipinski definition) is 4. The maximum atomic E-state index is 12.5. The number of carbonyl (C=O) groups is 1. The summed E-state index contributed by atoms with van der Waals surface area (Å²) in [6.45, 7) is 1.92. The predicted molar refractivity (Wildman–Crippen MR) is 130 cm³/mol. The zero-order chi connectivity index (χ0) is 21.3. The molecule has 0 atom stereocenters. The third-order valence-corrected chi connectivity index (χ3v) is 6.12. The first-order valence-corrected chi connectivity index (χ1v) is 10.9. The molecule has 0 spiro atoms. The summed E-state index contributed by atoms with van der Waals surface area (Å²) in [5.74, 6) is -0.303. The third kappa shape index (κ3) is 4.47. The quantitative estimate of drug-likeness (QED) is 0.326. The lowest BCUT2D eigenvalue weighted by Crippen LogP contribution is -2.34. The Labute approximate surface area is 192 Å². The number of halogens is 2. The molecule has 1 heterocycles. The van der Waals surface area contributed by atoms with E-state index in [1.165, 1.54) is 11.3 Å². The fourth-order valence-corrected chi connectivity index (χ4v) is 4.69. The molecule has 0 bridgehead atoms. The average Bonchev–Trinajstić information content (AvgIpc) is 3.14. The van der Waals surface area contributed by atoms with Gasteiger partial charge < -0.3 is 5.32 Å². The Morgan fingerprint density at radius 2 is 1.87 bits per heavy atom. The fraction of sp³-hybridized carbons (Fsp3) is 0.0455. The van der Waals surface area contributed by atoms with Crippen LogP contribution in [0, 0.1) is 6.92 Å². The Bertz CT molecular complexity index is 1250. The van der Waals surface area contributed by atoms with Gasteiger partial charge in [-0.15, -0.1) is 11.3 Å². The summed E-state index contributed by atoms with van der Waals surface area (Å²) < 4.78 is 1.05. The van der Waals surface area contributed by atoms with Gasteiger partial charge in [-0.1, -0.05) is 53.0 Å². The molecule has 4 rings (SSSR count). The number of thiazole rings is 1. The molecule has 0 saturated carbocycles. The Balaban J connectivity index is 1.64. The number of fused-ring (bicyclic) bond motifs is 1. The highest BCUT2D eigenvalue weighted by atomic mass is 35.5. The SMILES string of the molecule is Cc1cccc(C(=O)NC(=S)Nc2c(Cl)cc(Cl)cc2-c2nc3ccccc3s2)c1. The van der Waals surface area contributed by atoms with Gasteiger partial charge in [0.15, 0.2) is 5.11 Å². The Morgan fingerprint density at radius 1 is 1.07 bits per heavy atom. The smallest absolute Gasteiger partial charge is 0.257 e. The van der Waals surface area contributed by atoms with E-state index in [2.05, 4.69) is 15.6 Å². The lowest BCUT2D eigenvalue weighted by molar-refractivity contribution is 0.0977. The van der Waals surface area contributed by atoms with E-state index in [0.29, 0.717) is 26.9 Å². The van der Waals surface area contributed by atoms with E-state index in [9.17, 15) is 4.79 Å². The molecule has 1 amide bonds. The molecule has 3 aromatic carbocycles. The lowest BCUT2D eigenvalue weighted by atomic mass is 10.1. The van der Waals surface area contributed by atoms with Gasteiger partial charge in [0.05, 0.1) is 20.9 Å². The van der Waals surface area contributed by atoms with Gasteiger partial charge in [-0.05, 0) is 55.5 Å². The monoisotopic (exact) mass is 471 g/mol. The van der Waals surface area contributed by atoms with Crippen molar-refractivity contribution in [3.63, 3.8) is 0 Å². The van der Waals surface area contributed by atoms with Crippen molar-refractivity contribution in [3.8, 4) is 10.6 Å². The summed E-state index contributed by atoms with van der Waals surface area (Å²) in [6, 6.07) is 18.5. The number of hydrogen-bond donors (Lipinski definition) is 2. The second-order valence-electron chi connectivity index (χ2n) is 6.57. The van der Waals surface area contributed by atoms with Crippen molar-refractivity contribution >= 4 is 73.7 Å². The minimum absolute atomic E-state index is 0.132. The van der Waals surface area contributed by atoms with Crippen LogP contribution in [0.2, 0.25) is 10.0 Å². The molecule has 8 heteroatoms. The van der Waals surface area contributed by atoms with Gasteiger partial charge >= 0.3 is 0 Å². The highest BCUT2D eigenvalue weighted by molar-refractivity contribution is 7.80. The first kappa shape index (κ1) is 20.8. The Morgan fingerprint density at radius 3 is 2.63 bits per heavy atom. The highest BCUT2D eigenvalue weighted by Gasteiger charge is 2.17. The zero-order valence-electron chi connectivity index (χ0n) is 15.7. The van der Waals surface area contributed by atoms with Gasteiger partial charge in [-0.2, -0.15) is 0 Å². The second kappa shape index (κ2) is 8.70. The lowest BCUT2D eigenvalue weighted by Gasteiger charge is -2.15. The van der Waals surface area contributed by atoms with E-state index in [0.717, 1.165) is 20.8 Å². The van der Waals surface area contributed by atoms with Gasteiger partial charge in [0.25, 0.3) is 5.91 Å². The van der Waals surface area contributed by atoms with E-state index >= 15 is 0 Å². The molecule has 150 valence electrons. The minimum atomic E-state index is -0.303. The van der Waals surface area contributed by atoms with Crippen LogP contribution in [0.5, 0.6) is 0 Å². The molecule has 4 aromatic rings. The predicted octanol–water partition coefficient (Wildman–Crippen LogP) is 6.71. The van der Waals surface area contributed by atoms with Crippen LogP contribution in [0.4, 0.5) is 5.69 Å². The molecule has 0 saturated heterocycles. The summed E-state index contributed by atoms with van der Waals surface area (Å²) in [5, 5.41) is 7.47. The zero-order valence-corrected chi connectivity index (χ0v) is 18.8. The molecule has 1 aromatic heterocycles. The van der Waals surface area contributed by atoms with Crippen molar-refractivity contribution in [2.45, 2.75) is 6.92 Å². The summed E-state index contributed by atoms with van der Waals surface area (Å²) in [4.78, 5) is 17.2. The Hall–Kier alpha value is -2.51. The number of benzene rings is 3. The number of thiocarbonyl (C=S) groups is 1. The molecule has 0 unspecified atom stereocenters. The summed E-state index contributed by atoms with van der Waals surface area (Å²) in [5.41, 5.74) is 3.64. The van der Waals surface area contributed by atoms with E-state index in [-0.39, 0.29) is 11.0 Å². The number of nitrogens with one attached hydrogen (secondary N) is 2. The first-order chi connectivity index (χ1) is 14.4. The van der Waals surface area contributed by atoms with E-state index in [1.54, 1.807) is 24.3 Å². The van der Waals surface area contributed by atoms with Crippen LogP contribution in [0.15, 0.2) is 60.7 Å². The van der Waals surface area contributed by atoms with Crippen molar-refractivity contribution in [2.75, 3.05) is 5.32 Å². The van der Waals surface area contributed by atoms with Crippen molar-refractivity contribution in [3.05, 3.63) is 81.8 Å². The molecular formula is C22H15Cl2N3OS2. The van der Waals surface area contributed by atoms with E-state index in [1.807, 2.05) is 43.3 Å². The van der Waals surface area contributed by atoms with Gasteiger partial charge in [-0.25, -0.2) is 4.98 Å². The number of anilines is 1. The van der Waals surface area contributed by atoms with Crippen molar-refractivity contribution in [1.82, 2.24) is 10.3 Å². The van der Waals surface area contributed by atoms with E-state index < -0.39 is 0 Å². The standard InChI is InChI=1S/C22H15Cl2N3OS2/c1-12-5-4-6-13(9-12)20(28)27-22(29)26-19-15(10-14(23)11-16(19)24)21-25-17-7-2-3-8-18(17)30-21/h2-11H,1H3,(H2,26,27,28,29). The second-order valence-corrected chi connectivity index (χ2v) is 8.86. The van der Waals surface area contributed by atoms with Crippen LogP contribution >= 0.6 is 46.8 Å². The number of amides is 1. The van der Waals surface area contributed by atoms with Crippen LogP contribution in [0.1, 0.15) is 15.9 Å². The number of aromatic nitrogens is 1. The largest absolute Gasteiger partial charge is 0.331 e. The van der Waals surface area contributed by atoms with Gasteiger partial charge in [0, 0.05) is 16.1 Å².